The molecule has 1 fully saturated rings. The minimum Gasteiger partial charge on any atom is -0.388 e. The fourth-order valence-electron chi connectivity index (χ4n) is 4.83. The van der Waals surface area contributed by atoms with Crippen LogP contribution >= 0.6 is 7.82 Å². The molecule has 1 aliphatic rings. The average molecular weight is 556 g/mol. The molecule has 2 aromatic heterocycles. The van der Waals surface area contributed by atoms with Crippen molar-refractivity contribution in [3.63, 3.8) is 0 Å². The molecule has 1 unspecified atom stereocenters. The number of hydrogen-bond donors (Lipinski definition) is 3. The van der Waals surface area contributed by atoms with Crippen LogP contribution in [0.25, 0.3) is 11.2 Å². The fourth-order valence-corrected chi connectivity index (χ4v) is 5.62. The summed E-state index contributed by atoms with van der Waals surface area (Å²) in [5.41, 5.74) is 6.67. The molecule has 0 saturated carbocycles. The van der Waals surface area contributed by atoms with Crippen LogP contribution in [0.2, 0.25) is 0 Å². The maximum Gasteiger partial charge on any atom is 0.472 e. The Labute approximate surface area is 226 Å². The molecule has 1 saturated heterocycles. The third-order valence-corrected chi connectivity index (χ3v) is 7.99. The number of aliphatic hydroxyl groups excluding tert-OH is 1. The van der Waals surface area contributed by atoms with Crippen molar-refractivity contribution in [2.24, 2.45) is 0 Å². The highest BCUT2D eigenvalue weighted by Crippen LogP contribution is 2.44. The number of unbranched alkanes of at least 4 members (excludes halogenated alkanes) is 13. The number of aromatic nitrogens is 4. The summed E-state index contributed by atoms with van der Waals surface area (Å²) >= 11 is 0. The zero-order chi connectivity index (χ0) is 27.2. The number of nitrogens with two attached hydrogens (primary N) is 1. The molecule has 38 heavy (non-hydrogen) atoms. The van der Waals surface area contributed by atoms with E-state index < -0.39 is 26.3 Å². The first-order valence-electron chi connectivity index (χ1n) is 14.3. The van der Waals surface area contributed by atoms with Crippen molar-refractivity contribution in [2.45, 2.75) is 122 Å². The van der Waals surface area contributed by atoms with E-state index in [0.29, 0.717) is 17.6 Å². The molecule has 1 aliphatic heterocycles. The maximum absolute atomic E-state index is 12.3. The molecule has 0 amide bonds. The Kier molecular flexibility index (Phi) is 13.4. The lowest BCUT2D eigenvalue weighted by Crippen LogP contribution is -2.19. The van der Waals surface area contributed by atoms with Crippen LogP contribution < -0.4 is 5.73 Å². The van der Waals surface area contributed by atoms with Crippen LogP contribution in [-0.4, -0.2) is 54.9 Å². The number of aliphatic hydroxyl groups is 1. The number of rotatable bonds is 20. The predicted octanol–water partition coefficient (Wildman–Crippen LogP) is 5.67. The van der Waals surface area contributed by atoms with E-state index in [4.69, 9.17) is 19.5 Å². The number of hydrogen-bond acceptors (Lipinski definition) is 9. The van der Waals surface area contributed by atoms with E-state index in [0.717, 1.165) is 12.8 Å². The highest BCUT2D eigenvalue weighted by atomic mass is 31.2. The van der Waals surface area contributed by atoms with Crippen molar-refractivity contribution in [2.75, 3.05) is 18.9 Å². The summed E-state index contributed by atoms with van der Waals surface area (Å²) in [7, 11) is -4.19. The minimum atomic E-state index is -4.19. The third-order valence-electron chi connectivity index (χ3n) is 7.00. The van der Waals surface area contributed by atoms with E-state index in [1.165, 1.54) is 83.3 Å². The smallest absolute Gasteiger partial charge is 0.388 e. The second-order valence-electron chi connectivity index (χ2n) is 10.2. The molecule has 12 heteroatoms. The van der Waals surface area contributed by atoms with E-state index in [9.17, 15) is 14.6 Å². The molecule has 3 rings (SSSR count). The Bertz CT molecular complexity index is 992. The van der Waals surface area contributed by atoms with Gasteiger partial charge < -0.3 is 20.5 Å². The first kappa shape index (κ1) is 30.9. The summed E-state index contributed by atoms with van der Waals surface area (Å²) in [4.78, 5) is 22.3. The summed E-state index contributed by atoms with van der Waals surface area (Å²) in [6.45, 7) is 2.25. The van der Waals surface area contributed by atoms with E-state index in [2.05, 4.69) is 21.9 Å². The van der Waals surface area contributed by atoms with Gasteiger partial charge in [-0.2, -0.15) is 0 Å². The predicted molar refractivity (Wildman–Crippen MR) is 146 cm³/mol. The SMILES string of the molecule is CCCCCCCCCCCCCCCCOP(=O)(O)OC[C@@H]1C[C@@H](O)[C@H](n2cnc3c(N)ncnc32)O1. The summed E-state index contributed by atoms with van der Waals surface area (Å²) < 4.78 is 29.9. The first-order chi connectivity index (χ1) is 18.4. The van der Waals surface area contributed by atoms with E-state index in [1.807, 2.05) is 0 Å². The van der Waals surface area contributed by atoms with Gasteiger partial charge in [-0.15, -0.1) is 0 Å². The molecule has 2 aromatic rings. The van der Waals surface area contributed by atoms with Gasteiger partial charge in [0.1, 0.15) is 17.9 Å². The zero-order valence-corrected chi connectivity index (χ0v) is 23.6. The van der Waals surface area contributed by atoms with Gasteiger partial charge in [-0.25, -0.2) is 19.5 Å². The molecule has 0 aliphatic carbocycles. The topological polar surface area (TPSA) is 155 Å². The van der Waals surface area contributed by atoms with Crippen LogP contribution in [0.15, 0.2) is 12.7 Å². The number of phosphoric acid groups is 1. The first-order valence-corrected chi connectivity index (χ1v) is 15.8. The van der Waals surface area contributed by atoms with Gasteiger partial charge in [0.05, 0.1) is 25.6 Å². The van der Waals surface area contributed by atoms with Crippen LogP contribution in [0.4, 0.5) is 5.82 Å². The minimum absolute atomic E-state index is 0.171. The highest BCUT2D eigenvalue weighted by Gasteiger charge is 2.37. The molecule has 0 bridgehead atoms. The summed E-state index contributed by atoms with van der Waals surface area (Å²) in [6.07, 6.45) is 18.2. The van der Waals surface area contributed by atoms with E-state index >= 15 is 0 Å². The van der Waals surface area contributed by atoms with Gasteiger partial charge >= 0.3 is 7.82 Å². The lowest BCUT2D eigenvalue weighted by molar-refractivity contribution is -0.0490. The second-order valence-corrected chi connectivity index (χ2v) is 11.7. The maximum atomic E-state index is 12.3. The van der Waals surface area contributed by atoms with Crippen LogP contribution in [-0.2, 0) is 18.3 Å². The summed E-state index contributed by atoms with van der Waals surface area (Å²) in [5, 5.41) is 10.5. The number of anilines is 1. The van der Waals surface area contributed by atoms with E-state index in [-0.39, 0.29) is 25.5 Å². The number of nitrogens with zero attached hydrogens (tertiary/aromatic N) is 4. The standard InChI is InChI=1S/C26H46N5O6P/c1-2-3-4-5-6-7-8-9-10-11-12-13-14-15-16-35-38(33,34)36-18-21-17-22(32)26(37-21)31-20-30-23-24(27)28-19-29-25(23)31/h19-22,26,32H,2-18H2,1H3,(H,33,34)(H2,27,28,29)/t21-,22+,26+/m0/s1. The molecule has 11 nitrogen and oxygen atoms in total. The van der Waals surface area contributed by atoms with Crippen LogP contribution in [0.5, 0.6) is 0 Å². The van der Waals surface area contributed by atoms with Gasteiger partial charge in [0.15, 0.2) is 17.7 Å². The molecule has 4 N–H and O–H groups in total. The van der Waals surface area contributed by atoms with Crippen molar-refractivity contribution in [3.05, 3.63) is 12.7 Å². The number of nitrogen functional groups attached to an aromatic ring is 1. The molecule has 0 spiro atoms. The number of phosphoric ester groups is 1. The Morgan fingerprint density at radius 3 is 2.21 bits per heavy atom. The van der Waals surface area contributed by atoms with Gasteiger partial charge in [-0.1, -0.05) is 90.4 Å². The fraction of sp³-hybridized carbons (Fsp3) is 0.808. The Morgan fingerprint density at radius 1 is 0.974 bits per heavy atom. The van der Waals surface area contributed by atoms with E-state index in [1.54, 1.807) is 4.57 Å². The van der Waals surface area contributed by atoms with Gasteiger partial charge in [0, 0.05) is 6.42 Å². The van der Waals surface area contributed by atoms with Crippen molar-refractivity contribution < 1.29 is 28.3 Å². The average Bonchev–Trinajstić information content (AvgIpc) is 3.49. The van der Waals surface area contributed by atoms with Gasteiger partial charge in [0.25, 0.3) is 0 Å². The molecule has 4 atom stereocenters. The second kappa shape index (κ2) is 16.5. The van der Waals surface area contributed by atoms with Crippen molar-refractivity contribution >= 4 is 24.8 Å². The Hall–Kier alpha value is -1.62. The highest BCUT2D eigenvalue weighted by molar-refractivity contribution is 7.47. The number of ether oxygens (including phenoxy) is 1. The lowest BCUT2D eigenvalue weighted by atomic mass is 10.0. The van der Waals surface area contributed by atoms with Crippen molar-refractivity contribution in [1.82, 2.24) is 19.5 Å². The zero-order valence-electron chi connectivity index (χ0n) is 22.7. The molecule has 0 radical (unpaired) electrons. The van der Waals surface area contributed by atoms with Crippen LogP contribution in [0, 0.1) is 0 Å². The van der Waals surface area contributed by atoms with Gasteiger partial charge in [-0.3, -0.25) is 13.6 Å². The molecule has 216 valence electrons. The van der Waals surface area contributed by atoms with Crippen molar-refractivity contribution in [1.29, 1.82) is 0 Å². The van der Waals surface area contributed by atoms with Crippen LogP contribution in [0.3, 0.4) is 0 Å². The summed E-state index contributed by atoms with van der Waals surface area (Å²) in [5.74, 6) is 0.235. The quantitative estimate of drug-likeness (QED) is 0.137. The molecular weight excluding hydrogens is 509 g/mol. The molecular formula is C26H46N5O6P. The normalized spacial score (nSPS) is 21.3. The Balaban J connectivity index is 1.21. The monoisotopic (exact) mass is 555 g/mol. The number of fused-ring (bicyclic) bond motifs is 1. The molecule has 3 heterocycles. The van der Waals surface area contributed by atoms with Crippen molar-refractivity contribution in [3.8, 4) is 0 Å². The van der Waals surface area contributed by atoms with Gasteiger partial charge in [-0.05, 0) is 6.42 Å². The largest absolute Gasteiger partial charge is 0.472 e. The lowest BCUT2D eigenvalue weighted by Gasteiger charge is -2.18. The molecule has 0 aromatic carbocycles. The third kappa shape index (κ3) is 10.2. The van der Waals surface area contributed by atoms with Gasteiger partial charge in [0.2, 0.25) is 0 Å². The number of imidazole rings is 1. The Morgan fingerprint density at radius 2 is 1.58 bits per heavy atom. The van der Waals surface area contributed by atoms with Crippen LogP contribution in [0.1, 0.15) is 109 Å². The summed E-state index contributed by atoms with van der Waals surface area (Å²) in [6, 6.07) is 0.